The summed E-state index contributed by atoms with van der Waals surface area (Å²) in [6.07, 6.45) is 10.8. The van der Waals surface area contributed by atoms with Gasteiger partial charge in [-0.3, -0.25) is 14.6 Å². The number of hydrogen-bond donors (Lipinski definition) is 2. The van der Waals surface area contributed by atoms with Gasteiger partial charge in [-0.2, -0.15) is 5.10 Å². The molecule has 0 saturated heterocycles. The Balaban J connectivity index is 1.25. The molecule has 4 bridgehead atoms. The van der Waals surface area contributed by atoms with Crippen molar-refractivity contribution in [3.05, 3.63) is 51.1 Å². The van der Waals surface area contributed by atoms with Gasteiger partial charge in [-0.1, -0.05) is 0 Å². The third-order valence-corrected chi connectivity index (χ3v) is 8.26. The summed E-state index contributed by atoms with van der Waals surface area (Å²) in [7, 11) is 1.85. The Hall–Kier alpha value is -2.26. The molecule has 4 aliphatic carbocycles. The Morgan fingerprint density at radius 3 is 2.66 bits per heavy atom. The topological polar surface area (TPSA) is 98.1 Å². The largest absolute Gasteiger partial charge is 0.379 e. The standard InChI is InChI=1S/C23H28BrN5O3/c1-32-23-8-15-6-16(9-23)21(17(7-15)10-23)28-18-12-27-29(22(31)20(18)24)13-19(30)26-11-14-2-4-25-5-3-14/h2-5,12,15-17,21,28H,6-11,13H2,1H3,(H,26,30). The number of aromatic nitrogens is 3. The zero-order valence-electron chi connectivity index (χ0n) is 18.1. The lowest BCUT2D eigenvalue weighted by Crippen LogP contribution is -2.59. The van der Waals surface area contributed by atoms with Crippen LogP contribution >= 0.6 is 15.9 Å². The minimum absolute atomic E-state index is 0.0528. The van der Waals surface area contributed by atoms with Gasteiger partial charge in [0.15, 0.2) is 0 Å². The number of anilines is 1. The number of carbonyl (C=O) groups is 1. The normalized spacial score (nSPS) is 30.3. The predicted molar refractivity (Wildman–Crippen MR) is 123 cm³/mol. The summed E-state index contributed by atoms with van der Waals surface area (Å²) in [6.45, 7) is 0.251. The van der Waals surface area contributed by atoms with Gasteiger partial charge in [0.1, 0.15) is 11.0 Å². The van der Waals surface area contributed by atoms with Gasteiger partial charge in [0, 0.05) is 32.1 Å². The molecule has 6 rings (SSSR count). The van der Waals surface area contributed by atoms with E-state index in [1.165, 1.54) is 23.9 Å². The summed E-state index contributed by atoms with van der Waals surface area (Å²) in [5.41, 5.74) is 1.39. The molecular weight excluding hydrogens is 474 g/mol. The number of carbonyl (C=O) groups excluding carboxylic acids is 1. The van der Waals surface area contributed by atoms with Gasteiger partial charge in [-0.05, 0) is 83.5 Å². The fourth-order valence-electron chi connectivity index (χ4n) is 6.19. The monoisotopic (exact) mass is 501 g/mol. The minimum Gasteiger partial charge on any atom is -0.379 e. The van der Waals surface area contributed by atoms with E-state index in [9.17, 15) is 9.59 Å². The van der Waals surface area contributed by atoms with Crippen LogP contribution in [0, 0.1) is 17.8 Å². The molecule has 2 heterocycles. The lowest BCUT2D eigenvalue weighted by molar-refractivity contribution is -0.149. The summed E-state index contributed by atoms with van der Waals surface area (Å²) in [5.74, 6) is 1.59. The van der Waals surface area contributed by atoms with E-state index < -0.39 is 0 Å². The van der Waals surface area contributed by atoms with E-state index in [0.29, 0.717) is 34.6 Å². The van der Waals surface area contributed by atoms with Gasteiger partial charge in [0.25, 0.3) is 5.56 Å². The molecular formula is C23H28BrN5O3. The fraction of sp³-hybridized carbons (Fsp3) is 0.565. The highest BCUT2D eigenvalue weighted by atomic mass is 79.9. The van der Waals surface area contributed by atoms with Gasteiger partial charge >= 0.3 is 0 Å². The zero-order chi connectivity index (χ0) is 22.3. The first-order valence-corrected chi connectivity index (χ1v) is 12.0. The second kappa shape index (κ2) is 8.59. The maximum absolute atomic E-state index is 12.8. The summed E-state index contributed by atoms with van der Waals surface area (Å²) in [6, 6.07) is 3.99. The first kappa shape index (κ1) is 21.6. The summed E-state index contributed by atoms with van der Waals surface area (Å²) in [4.78, 5) is 29.1. The molecule has 2 aromatic rings. The van der Waals surface area contributed by atoms with Gasteiger partial charge in [0.05, 0.1) is 17.5 Å². The van der Waals surface area contributed by atoms with E-state index in [-0.39, 0.29) is 23.6 Å². The molecule has 2 N–H and O–H groups in total. The number of halogens is 1. The van der Waals surface area contributed by atoms with Gasteiger partial charge in [-0.25, -0.2) is 4.68 Å². The van der Waals surface area contributed by atoms with E-state index in [1.54, 1.807) is 18.6 Å². The van der Waals surface area contributed by atoms with Crippen LogP contribution in [0.25, 0.3) is 0 Å². The molecule has 4 aliphatic rings. The Morgan fingerprint density at radius 2 is 1.97 bits per heavy atom. The van der Waals surface area contributed by atoms with Crippen LogP contribution in [0.15, 0.2) is 40.0 Å². The molecule has 0 aliphatic heterocycles. The van der Waals surface area contributed by atoms with Crippen LogP contribution in [0.3, 0.4) is 0 Å². The molecule has 4 fully saturated rings. The van der Waals surface area contributed by atoms with Crippen LogP contribution in [0.1, 0.15) is 37.7 Å². The lowest BCUT2D eigenvalue weighted by atomic mass is 9.52. The van der Waals surface area contributed by atoms with Crippen LogP contribution in [0.5, 0.6) is 0 Å². The fourth-order valence-corrected chi connectivity index (χ4v) is 6.61. The Morgan fingerprint density at radius 1 is 1.25 bits per heavy atom. The number of ether oxygens (including phenoxy) is 1. The highest BCUT2D eigenvalue weighted by molar-refractivity contribution is 9.10. The second-order valence-corrected chi connectivity index (χ2v) is 10.3. The van der Waals surface area contributed by atoms with E-state index in [1.807, 2.05) is 19.2 Å². The summed E-state index contributed by atoms with van der Waals surface area (Å²) >= 11 is 3.45. The number of methoxy groups -OCH3 is 1. The van der Waals surface area contributed by atoms with Crippen molar-refractivity contribution in [2.24, 2.45) is 17.8 Å². The van der Waals surface area contributed by atoms with Crippen molar-refractivity contribution in [2.75, 3.05) is 12.4 Å². The Labute approximate surface area is 195 Å². The molecule has 1 amide bonds. The van der Waals surface area contributed by atoms with Crippen LogP contribution in [-0.2, 0) is 22.6 Å². The van der Waals surface area contributed by atoms with Crippen LogP contribution in [0.4, 0.5) is 5.69 Å². The van der Waals surface area contributed by atoms with Crippen molar-refractivity contribution < 1.29 is 9.53 Å². The maximum atomic E-state index is 12.8. The minimum atomic E-state index is -0.314. The van der Waals surface area contributed by atoms with Crippen LogP contribution in [-0.4, -0.2) is 39.4 Å². The molecule has 0 spiro atoms. The number of amides is 1. The van der Waals surface area contributed by atoms with Gasteiger partial charge in [-0.15, -0.1) is 0 Å². The van der Waals surface area contributed by atoms with E-state index in [2.05, 4.69) is 36.6 Å². The Kier molecular flexibility index (Phi) is 5.79. The van der Waals surface area contributed by atoms with Crippen LogP contribution in [0.2, 0.25) is 0 Å². The molecule has 32 heavy (non-hydrogen) atoms. The first-order chi connectivity index (χ1) is 15.5. The van der Waals surface area contributed by atoms with Crippen molar-refractivity contribution in [3.63, 3.8) is 0 Å². The van der Waals surface area contributed by atoms with Gasteiger partial charge in [0.2, 0.25) is 5.91 Å². The van der Waals surface area contributed by atoms with E-state index in [0.717, 1.165) is 24.3 Å². The number of pyridine rings is 1. The predicted octanol–water partition coefficient (Wildman–Crippen LogP) is 2.72. The Bertz CT molecular complexity index is 1040. The third-order valence-electron chi connectivity index (χ3n) is 7.49. The zero-order valence-corrected chi connectivity index (χ0v) is 19.7. The molecule has 4 saturated carbocycles. The smallest absolute Gasteiger partial charge is 0.283 e. The molecule has 9 heteroatoms. The van der Waals surface area contributed by atoms with Crippen molar-refractivity contribution in [3.8, 4) is 0 Å². The van der Waals surface area contributed by atoms with E-state index in [4.69, 9.17) is 4.74 Å². The van der Waals surface area contributed by atoms with Crippen molar-refractivity contribution >= 4 is 27.5 Å². The van der Waals surface area contributed by atoms with Crippen molar-refractivity contribution in [2.45, 2.75) is 56.8 Å². The van der Waals surface area contributed by atoms with Gasteiger partial charge < -0.3 is 15.4 Å². The number of nitrogens with one attached hydrogen (secondary N) is 2. The molecule has 2 atom stereocenters. The van der Waals surface area contributed by atoms with Crippen molar-refractivity contribution in [1.29, 1.82) is 0 Å². The average molecular weight is 502 g/mol. The average Bonchev–Trinajstić information content (AvgIpc) is 2.79. The molecule has 0 aromatic carbocycles. The lowest BCUT2D eigenvalue weighted by Gasteiger charge is -2.59. The quantitative estimate of drug-likeness (QED) is 0.605. The van der Waals surface area contributed by atoms with Crippen LogP contribution < -0.4 is 16.2 Å². The van der Waals surface area contributed by atoms with E-state index >= 15 is 0 Å². The second-order valence-electron chi connectivity index (χ2n) is 9.49. The number of nitrogens with zero attached hydrogens (tertiary/aromatic N) is 3. The summed E-state index contributed by atoms with van der Waals surface area (Å²) < 4.78 is 7.56. The highest BCUT2D eigenvalue weighted by Crippen LogP contribution is 2.57. The number of rotatable bonds is 7. The number of hydrogen-bond acceptors (Lipinski definition) is 6. The molecule has 170 valence electrons. The summed E-state index contributed by atoms with van der Waals surface area (Å²) in [5, 5.41) is 10.7. The highest BCUT2D eigenvalue weighted by Gasteiger charge is 2.55. The first-order valence-electron chi connectivity index (χ1n) is 11.2. The molecule has 2 aromatic heterocycles. The molecule has 0 radical (unpaired) electrons. The molecule has 2 unspecified atom stereocenters. The van der Waals surface area contributed by atoms with Crippen molar-refractivity contribution in [1.82, 2.24) is 20.1 Å². The molecule has 8 nitrogen and oxygen atoms in total. The SMILES string of the molecule is COC12CC3CC(C1)C(Nc1cnn(CC(=O)NCc4ccncc4)c(=O)c1Br)C(C3)C2. The maximum Gasteiger partial charge on any atom is 0.283 e. The third kappa shape index (κ3) is 4.08.